The van der Waals surface area contributed by atoms with Crippen molar-refractivity contribution in [1.29, 1.82) is 0 Å². The second-order valence-corrected chi connectivity index (χ2v) is 12.6. The highest BCUT2D eigenvalue weighted by Gasteiger charge is 2.43. The van der Waals surface area contributed by atoms with Gasteiger partial charge in [-0.05, 0) is 51.1 Å². The van der Waals surface area contributed by atoms with Gasteiger partial charge in [-0.3, -0.25) is 15.0 Å². The van der Waals surface area contributed by atoms with Crippen LogP contribution in [0, 0.1) is 0 Å². The largest absolute Gasteiger partial charge is 0.269 e. The zero-order valence-corrected chi connectivity index (χ0v) is 24.9. The minimum absolute atomic E-state index is 0.0227. The third kappa shape index (κ3) is 3.54. The molecule has 1 fully saturated rings. The quantitative estimate of drug-likeness (QED) is 0.228. The lowest BCUT2D eigenvalue weighted by atomic mass is 9.82. The van der Waals surface area contributed by atoms with Gasteiger partial charge in [0.2, 0.25) is 0 Å². The Balaban J connectivity index is 1.39. The summed E-state index contributed by atoms with van der Waals surface area (Å²) in [6.45, 7) is 4.74. The molecule has 1 N–H and O–H groups in total. The van der Waals surface area contributed by atoms with Crippen LogP contribution in [0.3, 0.4) is 0 Å². The van der Waals surface area contributed by atoms with Crippen molar-refractivity contribution in [2.24, 2.45) is 0 Å². The molecule has 44 heavy (non-hydrogen) atoms. The summed E-state index contributed by atoms with van der Waals surface area (Å²) in [4.78, 5) is 0. The van der Waals surface area contributed by atoms with Crippen molar-refractivity contribution in [3.05, 3.63) is 168 Å². The van der Waals surface area contributed by atoms with Crippen LogP contribution in [0.1, 0.15) is 48.4 Å². The smallest absolute Gasteiger partial charge is 0.125 e. The molecule has 2 atom stereocenters. The second kappa shape index (κ2) is 9.44. The van der Waals surface area contributed by atoms with E-state index in [1.165, 1.54) is 66.3 Å². The van der Waals surface area contributed by atoms with Crippen LogP contribution in [0.15, 0.2) is 146 Å². The Morgan fingerprint density at radius 1 is 0.545 bits per heavy atom. The maximum atomic E-state index is 3.93. The van der Waals surface area contributed by atoms with E-state index in [9.17, 15) is 0 Å². The molecular formula is C41H33N3. The molecule has 7 aromatic rings. The van der Waals surface area contributed by atoms with E-state index in [-0.39, 0.29) is 17.7 Å². The Morgan fingerprint density at radius 3 is 1.84 bits per heavy atom. The fourth-order valence-electron chi connectivity index (χ4n) is 7.69. The summed E-state index contributed by atoms with van der Waals surface area (Å²) in [5.74, 6) is 0. The van der Waals surface area contributed by atoms with Gasteiger partial charge in [0.1, 0.15) is 12.3 Å². The van der Waals surface area contributed by atoms with Gasteiger partial charge in [-0.2, -0.15) is 0 Å². The van der Waals surface area contributed by atoms with Crippen molar-refractivity contribution in [2.45, 2.75) is 31.6 Å². The zero-order valence-electron chi connectivity index (χ0n) is 24.9. The number of nitrogens with one attached hydrogen (secondary N) is 1. The lowest BCUT2D eigenvalue weighted by Crippen LogP contribution is -2.62. The lowest BCUT2D eigenvalue weighted by Gasteiger charge is -2.52. The summed E-state index contributed by atoms with van der Waals surface area (Å²) in [7, 11) is 0. The van der Waals surface area contributed by atoms with Crippen LogP contribution in [0.25, 0.3) is 44.1 Å². The molecule has 0 bridgehead atoms. The van der Waals surface area contributed by atoms with E-state index in [0.29, 0.717) is 0 Å². The van der Waals surface area contributed by atoms with Gasteiger partial charge in [-0.25, -0.2) is 0 Å². The summed E-state index contributed by atoms with van der Waals surface area (Å²) in [5.41, 5.74) is 12.9. The molecule has 3 heteroatoms. The molecule has 2 heterocycles. The zero-order chi connectivity index (χ0) is 29.4. The van der Waals surface area contributed by atoms with Crippen LogP contribution >= 0.6 is 0 Å². The molecule has 0 amide bonds. The fourth-order valence-corrected chi connectivity index (χ4v) is 7.69. The van der Waals surface area contributed by atoms with Gasteiger partial charge >= 0.3 is 0 Å². The Bertz CT molecular complexity index is 2130. The summed E-state index contributed by atoms with van der Waals surface area (Å²) >= 11 is 0. The van der Waals surface area contributed by atoms with Crippen LogP contribution in [-0.4, -0.2) is 4.68 Å². The van der Waals surface area contributed by atoms with Crippen LogP contribution in [0.2, 0.25) is 0 Å². The van der Waals surface area contributed by atoms with Crippen LogP contribution < -0.4 is 10.3 Å². The first-order chi connectivity index (χ1) is 21.6. The molecule has 0 spiro atoms. The van der Waals surface area contributed by atoms with Gasteiger partial charge < -0.3 is 0 Å². The van der Waals surface area contributed by atoms with Gasteiger partial charge in [0.05, 0.1) is 11.0 Å². The number of nitrogens with zero attached hydrogens (tertiary/aromatic N) is 2. The minimum Gasteiger partial charge on any atom is -0.269 e. The summed E-state index contributed by atoms with van der Waals surface area (Å²) < 4.78 is 2.54. The van der Waals surface area contributed by atoms with Crippen molar-refractivity contribution in [2.75, 3.05) is 5.01 Å². The molecule has 3 nitrogen and oxygen atoms in total. The lowest BCUT2D eigenvalue weighted by molar-refractivity contribution is 0.211. The number of fused-ring (bicyclic) bond motifs is 7. The Labute approximate surface area is 258 Å². The molecule has 1 aromatic heterocycles. The molecule has 9 rings (SSSR count). The number of rotatable bonds is 4. The Kier molecular flexibility index (Phi) is 5.45. The predicted molar refractivity (Wildman–Crippen MR) is 182 cm³/mol. The molecule has 1 saturated heterocycles. The molecule has 1 aliphatic carbocycles. The van der Waals surface area contributed by atoms with E-state index < -0.39 is 0 Å². The molecule has 1 aliphatic heterocycles. The molecule has 2 aliphatic rings. The van der Waals surface area contributed by atoms with Crippen molar-refractivity contribution in [1.82, 2.24) is 9.99 Å². The third-order valence-electron chi connectivity index (χ3n) is 9.86. The van der Waals surface area contributed by atoms with Crippen molar-refractivity contribution < 1.29 is 0 Å². The summed E-state index contributed by atoms with van der Waals surface area (Å²) in [6, 6.07) is 53.2. The number of aromatic nitrogens is 1. The van der Waals surface area contributed by atoms with Crippen LogP contribution in [0.4, 0.5) is 0 Å². The monoisotopic (exact) mass is 567 g/mol. The van der Waals surface area contributed by atoms with Gasteiger partial charge in [0.25, 0.3) is 0 Å². The average molecular weight is 568 g/mol. The third-order valence-corrected chi connectivity index (χ3v) is 9.86. The Morgan fingerprint density at radius 2 is 1.16 bits per heavy atom. The highest BCUT2D eigenvalue weighted by molar-refractivity contribution is 6.15. The maximum absolute atomic E-state index is 3.93. The highest BCUT2D eigenvalue weighted by Crippen LogP contribution is 2.53. The van der Waals surface area contributed by atoms with Crippen molar-refractivity contribution >= 4 is 21.8 Å². The standard InChI is InChI=1S/C41H33N3/c1-41(2)34-21-13-12-20-32(34)37-35(41)24-23-31-33-26-30(27-14-6-3-7-15-27)22-25-36(33)43(38(31)37)44-39(28-16-8-4-9-17-28)42-40(44)29-18-10-5-11-19-29/h3-26,39-40,42H,1-2H3. The first kappa shape index (κ1) is 25.4. The first-order valence-electron chi connectivity index (χ1n) is 15.5. The Hall–Kier alpha value is -5.12. The molecule has 2 unspecified atom stereocenters. The summed E-state index contributed by atoms with van der Waals surface area (Å²) in [6.07, 6.45) is 0.0454. The highest BCUT2D eigenvalue weighted by atomic mass is 15.7. The van der Waals surface area contributed by atoms with Crippen LogP contribution in [0.5, 0.6) is 0 Å². The van der Waals surface area contributed by atoms with Crippen molar-refractivity contribution in [3.8, 4) is 22.3 Å². The van der Waals surface area contributed by atoms with Gasteiger partial charge in [-0.1, -0.05) is 147 Å². The number of benzene rings is 6. The van der Waals surface area contributed by atoms with Gasteiger partial charge in [0, 0.05) is 21.8 Å². The van der Waals surface area contributed by atoms with Gasteiger partial charge in [0.15, 0.2) is 0 Å². The van der Waals surface area contributed by atoms with E-state index in [2.05, 4.69) is 174 Å². The molecule has 6 aromatic carbocycles. The molecule has 0 saturated carbocycles. The molecular weight excluding hydrogens is 534 g/mol. The molecule has 212 valence electrons. The van der Waals surface area contributed by atoms with E-state index in [0.717, 1.165) is 0 Å². The average Bonchev–Trinajstić information content (AvgIpc) is 3.50. The normalized spacial score (nSPS) is 18.3. The first-order valence-corrected chi connectivity index (χ1v) is 15.5. The van der Waals surface area contributed by atoms with E-state index in [1.807, 2.05) is 0 Å². The van der Waals surface area contributed by atoms with Crippen molar-refractivity contribution in [3.63, 3.8) is 0 Å². The van der Waals surface area contributed by atoms with E-state index in [1.54, 1.807) is 0 Å². The fraction of sp³-hybridized carbons (Fsp3) is 0.122. The minimum atomic E-state index is -0.0819. The van der Waals surface area contributed by atoms with Gasteiger partial charge in [-0.15, -0.1) is 0 Å². The maximum Gasteiger partial charge on any atom is 0.125 e. The summed E-state index contributed by atoms with van der Waals surface area (Å²) in [5, 5.41) is 9.05. The SMILES string of the molecule is CC1(C)c2ccccc2-c2c1ccc1c3cc(-c4ccccc4)ccc3n(N3C(c4ccccc4)NC3c3ccccc3)c21. The molecule has 0 radical (unpaired) electrons. The number of hydrogen-bond donors (Lipinski definition) is 1. The van der Waals surface area contributed by atoms with E-state index >= 15 is 0 Å². The van der Waals surface area contributed by atoms with Crippen LogP contribution in [-0.2, 0) is 5.41 Å². The number of hydrogen-bond acceptors (Lipinski definition) is 2. The predicted octanol–water partition coefficient (Wildman–Crippen LogP) is 9.71. The topological polar surface area (TPSA) is 20.2 Å². The van der Waals surface area contributed by atoms with E-state index in [4.69, 9.17) is 0 Å². The second-order valence-electron chi connectivity index (χ2n) is 12.6.